The summed E-state index contributed by atoms with van der Waals surface area (Å²) in [4.78, 5) is 11.7. The first-order chi connectivity index (χ1) is 9.47. The van der Waals surface area contributed by atoms with Gasteiger partial charge in [0.25, 0.3) is 0 Å². The van der Waals surface area contributed by atoms with Crippen LogP contribution in [0, 0.1) is 18.6 Å². The van der Waals surface area contributed by atoms with Crippen molar-refractivity contribution in [2.24, 2.45) is 0 Å². The van der Waals surface area contributed by atoms with Crippen LogP contribution in [0.25, 0.3) is 0 Å². The van der Waals surface area contributed by atoms with Crippen molar-refractivity contribution in [2.75, 3.05) is 10.6 Å². The van der Waals surface area contributed by atoms with Gasteiger partial charge in [0.15, 0.2) is 0 Å². The van der Waals surface area contributed by atoms with Crippen LogP contribution in [0.3, 0.4) is 0 Å². The molecule has 0 spiro atoms. The number of amides is 2. The summed E-state index contributed by atoms with van der Waals surface area (Å²) in [6, 6.07) is 7.49. The van der Waals surface area contributed by atoms with Gasteiger partial charge in [0.05, 0.1) is 0 Å². The van der Waals surface area contributed by atoms with Gasteiger partial charge in [-0.05, 0) is 36.8 Å². The van der Waals surface area contributed by atoms with Crippen molar-refractivity contribution < 1.29 is 13.6 Å². The second kappa shape index (κ2) is 5.88. The number of carbonyl (C=O) groups excluding carboxylic acids is 1. The molecule has 104 valence electrons. The van der Waals surface area contributed by atoms with E-state index in [1.807, 2.05) is 6.92 Å². The van der Waals surface area contributed by atoms with Gasteiger partial charge in [-0.15, -0.1) is 0 Å². The fourth-order valence-corrected chi connectivity index (χ4v) is 1.74. The SMILES string of the molecule is Cc1ccc(NC(=O)Nc2c(F)cccc2F)cc1Cl. The van der Waals surface area contributed by atoms with E-state index in [-0.39, 0.29) is 0 Å². The summed E-state index contributed by atoms with van der Waals surface area (Å²) in [6.07, 6.45) is 0. The molecule has 0 fully saturated rings. The number of nitrogens with one attached hydrogen (secondary N) is 2. The van der Waals surface area contributed by atoms with Crippen LogP contribution in [0.2, 0.25) is 5.02 Å². The van der Waals surface area contributed by atoms with Crippen LogP contribution in [0.15, 0.2) is 36.4 Å². The van der Waals surface area contributed by atoms with Crippen molar-refractivity contribution in [1.29, 1.82) is 0 Å². The normalized spacial score (nSPS) is 10.2. The van der Waals surface area contributed by atoms with Crippen molar-refractivity contribution in [3.8, 4) is 0 Å². The smallest absolute Gasteiger partial charge is 0.308 e. The van der Waals surface area contributed by atoms with E-state index in [1.165, 1.54) is 6.07 Å². The Hall–Kier alpha value is -2.14. The van der Waals surface area contributed by atoms with Crippen LogP contribution in [0.4, 0.5) is 25.0 Å². The number of halogens is 3. The number of carbonyl (C=O) groups is 1. The van der Waals surface area contributed by atoms with E-state index in [1.54, 1.807) is 18.2 Å². The number of aryl methyl sites for hydroxylation is 1. The highest BCUT2D eigenvalue weighted by atomic mass is 35.5. The summed E-state index contributed by atoms with van der Waals surface area (Å²) in [5, 5.41) is 5.05. The van der Waals surface area contributed by atoms with Gasteiger partial charge in [-0.3, -0.25) is 0 Å². The molecule has 0 aliphatic heterocycles. The Balaban J connectivity index is 2.11. The number of para-hydroxylation sites is 1. The summed E-state index contributed by atoms with van der Waals surface area (Å²) >= 11 is 5.92. The van der Waals surface area contributed by atoms with Gasteiger partial charge in [0.2, 0.25) is 0 Å². The minimum atomic E-state index is -0.845. The highest BCUT2D eigenvalue weighted by Crippen LogP contribution is 2.21. The number of urea groups is 1. The van der Waals surface area contributed by atoms with E-state index in [9.17, 15) is 13.6 Å². The first-order valence-electron chi connectivity index (χ1n) is 5.75. The predicted octanol–water partition coefficient (Wildman–Crippen LogP) is 4.57. The Bertz CT molecular complexity index is 641. The molecule has 0 aliphatic rings. The Morgan fingerprint density at radius 3 is 2.35 bits per heavy atom. The van der Waals surface area contributed by atoms with E-state index in [2.05, 4.69) is 10.6 Å². The van der Waals surface area contributed by atoms with Crippen LogP contribution in [-0.4, -0.2) is 6.03 Å². The molecule has 0 saturated carbocycles. The van der Waals surface area contributed by atoms with E-state index in [4.69, 9.17) is 11.6 Å². The molecular formula is C14H11ClF2N2O. The Kier molecular flexibility index (Phi) is 4.20. The molecule has 0 aromatic heterocycles. The molecule has 0 aliphatic carbocycles. The third-order valence-corrected chi connectivity index (χ3v) is 3.04. The molecule has 3 nitrogen and oxygen atoms in total. The standard InChI is InChI=1S/C14H11ClF2N2O/c1-8-5-6-9(7-10(8)15)18-14(20)19-13-11(16)3-2-4-12(13)17/h2-7H,1H3,(H2,18,19,20). The zero-order chi connectivity index (χ0) is 14.7. The van der Waals surface area contributed by atoms with Gasteiger partial charge in [-0.1, -0.05) is 23.7 Å². The van der Waals surface area contributed by atoms with Gasteiger partial charge in [-0.25, -0.2) is 13.6 Å². The highest BCUT2D eigenvalue weighted by Gasteiger charge is 2.12. The molecule has 20 heavy (non-hydrogen) atoms. The second-order valence-corrected chi connectivity index (χ2v) is 4.55. The summed E-state index contributed by atoms with van der Waals surface area (Å²) in [7, 11) is 0. The fourth-order valence-electron chi connectivity index (χ4n) is 1.56. The first-order valence-corrected chi connectivity index (χ1v) is 6.13. The number of rotatable bonds is 2. The average molecular weight is 297 g/mol. The summed E-state index contributed by atoms with van der Waals surface area (Å²) in [5.41, 5.74) is 0.788. The summed E-state index contributed by atoms with van der Waals surface area (Å²) in [6.45, 7) is 1.82. The van der Waals surface area contributed by atoms with Crippen molar-refractivity contribution in [1.82, 2.24) is 0 Å². The average Bonchev–Trinajstić information content (AvgIpc) is 2.38. The summed E-state index contributed by atoms with van der Waals surface area (Å²) < 4.78 is 26.7. The fraction of sp³-hybridized carbons (Fsp3) is 0.0714. The van der Waals surface area contributed by atoms with E-state index >= 15 is 0 Å². The molecule has 2 aromatic rings. The van der Waals surface area contributed by atoms with Gasteiger partial charge in [-0.2, -0.15) is 0 Å². The largest absolute Gasteiger partial charge is 0.323 e. The third-order valence-electron chi connectivity index (χ3n) is 2.63. The van der Waals surface area contributed by atoms with E-state index in [0.29, 0.717) is 10.7 Å². The molecule has 2 amide bonds. The molecule has 0 bridgehead atoms. The highest BCUT2D eigenvalue weighted by molar-refractivity contribution is 6.31. The molecule has 0 atom stereocenters. The number of hydrogen-bond donors (Lipinski definition) is 2. The lowest BCUT2D eigenvalue weighted by Gasteiger charge is -2.10. The minimum absolute atomic E-state index is 0.426. The quantitative estimate of drug-likeness (QED) is 0.837. The van der Waals surface area contributed by atoms with Crippen LogP contribution in [-0.2, 0) is 0 Å². The number of benzene rings is 2. The topological polar surface area (TPSA) is 41.1 Å². The number of hydrogen-bond acceptors (Lipinski definition) is 1. The van der Waals surface area contributed by atoms with Crippen molar-refractivity contribution >= 4 is 29.0 Å². The maximum Gasteiger partial charge on any atom is 0.323 e. The van der Waals surface area contributed by atoms with Crippen LogP contribution in [0.5, 0.6) is 0 Å². The molecular weight excluding hydrogens is 286 g/mol. The number of anilines is 2. The molecule has 6 heteroatoms. The molecule has 2 N–H and O–H groups in total. The predicted molar refractivity (Wildman–Crippen MR) is 75.2 cm³/mol. The van der Waals surface area contributed by atoms with E-state index in [0.717, 1.165) is 17.7 Å². The Labute approximate surface area is 119 Å². The molecule has 0 unspecified atom stereocenters. The van der Waals surface area contributed by atoms with Crippen LogP contribution < -0.4 is 10.6 Å². The van der Waals surface area contributed by atoms with Crippen LogP contribution in [0.1, 0.15) is 5.56 Å². The Morgan fingerprint density at radius 2 is 1.75 bits per heavy atom. The van der Waals surface area contributed by atoms with Crippen molar-refractivity contribution in [2.45, 2.75) is 6.92 Å². The monoisotopic (exact) mass is 296 g/mol. The maximum atomic E-state index is 13.4. The molecule has 2 rings (SSSR count). The third kappa shape index (κ3) is 3.24. The lowest BCUT2D eigenvalue weighted by atomic mass is 10.2. The lowest BCUT2D eigenvalue weighted by molar-refractivity contribution is 0.262. The zero-order valence-electron chi connectivity index (χ0n) is 10.5. The van der Waals surface area contributed by atoms with Crippen LogP contribution >= 0.6 is 11.6 Å². The maximum absolute atomic E-state index is 13.4. The Morgan fingerprint density at radius 1 is 1.10 bits per heavy atom. The summed E-state index contributed by atoms with van der Waals surface area (Å²) in [5.74, 6) is -1.69. The molecule has 0 heterocycles. The van der Waals surface area contributed by atoms with Gasteiger partial charge >= 0.3 is 6.03 Å². The zero-order valence-corrected chi connectivity index (χ0v) is 11.3. The van der Waals surface area contributed by atoms with Gasteiger partial charge in [0.1, 0.15) is 17.3 Å². The van der Waals surface area contributed by atoms with Crippen molar-refractivity contribution in [3.63, 3.8) is 0 Å². The van der Waals surface area contributed by atoms with E-state index < -0.39 is 23.4 Å². The molecule has 0 saturated heterocycles. The van der Waals surface area contributed by atoms with Gasteiger partial charge in [0, 0.05) is 10.7 Å². The molecule has 0 radical (unpaired) electrons. The minimum Gasteiger partial charge on any atom is -0.308 e. The lowest BCUT2D eigenvalue weighted by Crippen LogP contribution is -2.21. The first kappa shape index (κ1) is 14.3. The second-order valence-electron chi connectivity index (χ2n) is 4.14. The van der Waals surface area contributed by atoms with Crippen molar-refractivity contribution in [3.05, 3.63) is 58.6 Å². The van der Waals surface area contributed by atoms with Gasteiger partial charge < -0.3 is 10.6 Å². The molecule has 2 aromatic carbocycles.